The van der Waals surface area contributed by atoms with Gasteiger partial charge in [-0.05, 0) is 30.3 Å². The lowest BCUT2D eigenvalue weighted by Gasteiger charge is -2.12. The van der Waals surface area contributed by atoms with Crippen molar-refractivity contribution in [2.75, 3.05) is 19.0 Å². The topological polar surface area (TPSA) is 99.3 Å². The lowest BCUT2D eigenvalue weighted by Crippen LogP contribution is -2.08. The van der Waals surface area contributed by atoms with Gasteiger partial charge in [0.1, 0.15) is 5.69 Å². The van der Waals surface area contributed by atoms with Crippen molar-refractivity contribution in [1.82, 2.24) is 35.1 Å². The number of pyridine rings is 3. The molecule has 6 rings (SSSR count). The zero-order valence-electron chi connectivity index (χ0n) is 18.1. The molecule has 0 unspecified atom stereocenters. The van der Waals surface area contributed by atoms with E-state index in [1.807, 2.05) is 73.9 Å². The molecule has 0 aliphatic carbocycles. The molecule has 160 valence electrons. The summed E-state index contributed by atoms with van der Waals surface area (Å²) in [6.45, 7) is 0. The van der Waals surface area contributed by atoms with Gasteiger partial charge in [0.2, 0.25) is 0 Å². The number of rotatable bonds is 4. The first-order valence-corrected chi connectivity index (χ1v) is 10.5. The lowest BCUT2D eigenvalue weighted by molar-refractivity contribution is 1.10. The predicted molar refractivity (Wildman–Crippen MR) is 130 cm³/mol. The molecule has 2 N–H and O–H groups in total. The largest absolute Gasteiger partial charge is 0.376 e. The summed E-state index contributed by atoms with van der Waals surface area (Å²) in [6.07, 6.45) is 7.24. The fraction of sp³-hybridized carbons (Fsp3) is 0.0800. The predicted octanol–water partition coefficient (Wildman–Crippen LogP) is 4.69. The van der Waals surface area contributed by atoms with E-state index in [0.717, 1.165) is 55.8 Å². The van der Waals surface area contributed by atoms with Crippen molar-refractivity contribution in [2.24, 2.45) is 0 Å². The monoisotopic (exact) mass is 432 g/mol. The number of para-hydroxylation sites is 1. The van der Waals surface area contributed by atoms with Crippen LogP contribution < -0.4 is 4.90 Å². The van der Waals surface area contributed by atoms with Crippen molar-refractivity contribution >= 4 is 27.6 Å². The molecule has 0 spiro atoms. The number of benzene rings is 1. The summed E-state index contributed by atoms with van der Waals surface area (Å²) in [5.41, 5.74) is 8.02. The molecule has 8 nitrogen and oxygen atoms in total. The molecule has 0 amide bonds. The minimum absolute atomic E-state index is 0.692. The Morgan fingerprint density at radius 1 is 0.848 bits per heavy atom. The SMILES string of the molecule is CN(C)c1cncc(-c2cc3c(-c4nc5c(-c6ccccn6)cccc5[nH]4)n[nH]c3cn2)c1. The Morgan fingerprint density at radius 3 is 2.64 bits per heavy atom. The van der Waals surface area contributed by atoms with Crippen LogP contribution in [0.5, 0.6) is 0 Å². The van der Waals surface area contributed by atoms with Crippen LogP contribution in [-0.4, -0.2) is 49.2 Å². The normalized spacial score (nSPS) is 11.3. The van der Waals surface area contributed by atoms with E-state index in [-0.39, 0.29) is 0 Å². The lowest BCUT2D eigenvalue weighted by atomic mass is 10.1. The average Bonchev–Trinajstić information content (AvgIpc) is 3.48. The van der Waals surface area contributed by atoms with E-state index in [2.05, 4.69) is 36.2 Å². The minimum atomic E-state index is 0.692. The first-order valence-electron chi connectivity index (χ1n) is 10.5. The summed E-state index contributed by atoms with van der Waals surface area (Å²) in [5.74, 6) is 0.692. The maximum Gasteiger partial charge on any atom is 0.159 e. The molecule has 8 heteroatoms. The van der Waals surface area contributed by atoms with E-state index in [4.69, 9.17) is 4.98 Å². The third-order valence-electron chi connectivity index (χ3n) is 5.66. The highest BCUT2D eigenvalue weighted by atomic mass is 15.1. The molecular formula is C25H20N8. The summed E-state index contributed by atoms with van der Waals surface area (Å²) in [5, 5.41) is 8.56. The molecule has 0 saturated carbocycles. The van der Waals surface area contributed by atoms with Gasteiger partial charge in [0.15, 0.2) is 5.82 Å². The summed E-state index contributed by atoms with van der Waals surface area (Å²) >= 11 is 0. The highest BCUT2D eigenvalue weighted by Gasteiger charge is 2.16. The van der Waals surface area contributed by atoms with Crippen molar-refractivity contribution in [3.63, 3.8) is 0 Å². The van der Waals surface area contributed by atoms with Crippen LogP contribution in [0, 0.1) is 0 Å². The third-order valence-corrected chi connectivity index (χ3v) is 5.66. The Bertz CT molecular complexity index is 1600. The zero-order chi connectivity index (χ0) is 22.4. The van der Waals surface area contributed by atoms with Gasteiger partial charge in [-0.2, -0.15) is 5.10 Å². The van der Waals surface area contributed by atoms with E-state index >= 15 is 0 Å². The van der Waals surface area contributed by atoms with Gasteiger partial charge in [-0.3, -0.25) is 20.1 Å². The number of hydrogen-bond acceptors (Lipinski definition) is 6. The van der Waals surface area contributed by atoms with Crippen molar-refractivity contribution < 1.29 is 0 Å². The Labute approximate surface area is 189 Å². The summed E-state index contributed by atoms with van der Waals surface area (Å²) in [4.78, 5) is 23.8. The van der Waals surface area contributed by atoms with Crippen LogP contribution in [0.2, 0.25) is 0 Å². The molecule has 0 aliphatic rings. The van der Waals surface area contributed by atoms with Gasteiger partial charge in [0.25, 0.3) is 0 Å². The van der Waals surface area contributed by atoms with E-state index in [1.165, 1.54) is 0 Å². The molecule has 1 aromatic carbocycles. The quantitative estimate of drug-likeness (QED) is 0.419. The second-order valence-electron chi connectivity index (χ2n) is 8.02. The first-order chi connectivity index (χ1) is 16.2. The highest BCUT2D eigenvalue weighted by Crippen LogP contribution is 2.32. The fourth-order valence-electron chi connectivity index (χ4n) is 3.94. The number of anilines is 1. The number of aromatic amines is 2. The Morgan fingerprint density at radius 2 is 1.79 bits per heavy atom. The molecule has 33 heavy (non-hydrogen) atoms. The highest BCUT2D eigenvalue weighted by molar-refractivity contribution is 5.97. The van der Waals surface area contributed by atoms with Crippen molar-refractivity contribution in [2.45, 2.75) is 0 Å². The smallest absolute Gasteiger partial charge is 0.159 e. The Kier molecular flexibility index (Phi) is 4.36. The van der Waals surface area contributed by atoms with Crippen LogP contribution in [0.1, 0.15) is 0 Å². The number of nitrogens with zero attached hydrogens (tertiary/aromatic N) is 6. The van der Waals surface area contributed by atoms with Gasteiger partial charge in [0.05, 0.1) is 46.0 Å². The van der Waals surface area contributed by atoms with E-state index < -0.39 is 0 Å². The number of hydrogen-bond donors (Lipinski definition) is 2. The number of imidazole rings is 1. The van der Waals surface area contributed by atoms with Crippen LogP contribution in [0.4, 0.5) is 5.69 Å². The van der Waals surface area contributed by atoms with Gasteiger partial charge in [-0.15, -0.1) is 0 Å². The molecule has 6 aromatic rings. The van der Waals surface area contributed by atoms with Gasteiger partial charge in [0, 0.05) is 43.0 Å². The molecule has 0 aliphatic heterocycles. The average molecular weight is 432 g/mol. The maximum atomic E-state index is 4.90. The molecule has 5 aromatic heterocycles. The van der Waals surface area contributed by atoms with Crippen LogP contribution in [0.3, 0.4) is 0 Å². The molecule has 0 bridgehead atoms. The molecule has 0 radical (unpaired) electrons. The second-order valence-corrected chi connectivity index (χ2v) is 8.02. The van der Waals surface area contributed by atoms with E-state index in [0.29, 0.717) is 5.82 Å². The van der Waals surface area contributed by atoms with Gasteiger partial charge < -0.3 is 9.88 Å². The van der Waals surface area contributed by atoms with Crippen LogP contribution in [-0.2, 0) is 0 Å². The van der Waals surface area contributed by atoms with Crippen LogP contribution in [0.15, 0.2) is 73.3 Å². The fourth-order valence-corrected chi connectivity index (χ4v) is 3.94. The minimum Gasteiger partial charge on any atom is -0.376 e. The number of H-pyrrole nitrogens is 2. The summed E-state index contributed by atoms with van der Waals surface area (Å²) in [7, 11) is 3.98. The number of nitrogens with one attached hydrogen (secondary N) is 2. The van der Waals surface area contributed by atoms with Crippen molar-refractivity contribution in [3.8, 4) is 34.0 Å². The Balaban J connectivity index is 1.48. The summed E-state index contributed by atoms with van der Waals surface area (Å²) in [6, 6.07) is 16.0. The van der Waals surface area contributed by atoms with Gasteiger partial charge in [-0.25, -0.2) is 4.98 Å². The van der Waals surface area contributed by atoms with E-state index in [1.54, 1.807) is 12.4 Å². The van der Waals surface area contributed by atoms with Crippen molar-refractivity contribution in [3.05, 3.63) is 73.3 Å². The number of aromatic nitrogens is 7. The molecular weight excluding hydrogens is 412 g/mol. The van der Waals surface area contributed by atoms with Crippen LogP contribution in [0.25, 0.3) is 56.0 Å². The van der Waals surface area contributed by atoms with Crippen LogP contribution >= 0.6 is 0 Å². The molecule has 0 atom stereocenters. The first kappa shape index (κ1) is 19.1. The summed E-state index contributed by atoms with van der Waals surface area (Å²) < 4.78 is 0. The molecule has 0 fully saturated rings. The molecule has 5 heterocycles. The Hall–Kier alpha value is -4.59. The van der Waals surface area contributed by atoms with Gasteiger partial charge >= 0.3 is 0 Å². The van der Waals surface area contributed by atoms with Gasteiger partial charge in [-0.1, -0.05) is 18.2 Å². The third kappa shape index (κ3) is 3.28. The standard InChI is InChI=1S/C25H20N8/c1-33(2)16-10-15(12-26-13-16)21-11-18-22(14-28-21)31-32-24(18)25-29-20-8-5-6-17(23(20)30-25)19-7-3-4-9-27-19/h3-14H,1-2H3,(H,29,30)(H,31,32). The maximum absolute atomic E-state index is 4.90. The van der Waals surface area contributed by atoms with Crippen molar-refractivity contribution in [1.29, 1.82) is 0 Å². The zero-order valence-corrected chi connectivity index (χ0v) is 18.1. The second kappa shape index (κ2) is 7.52. The number of fused-ring (bicyclic) bond motifs is 2. The van der Waals surface area contributed by atoms with E-state index in [9.17, 15) is 0 Å². The molecule has 0 saturated heterocycles.